The lowest BCUT2D eigenvalue weighted by Gasteiger charge is -1.95. The van der Waals surface area contributed by atoms with E-state index in [1.54, 1.807) is 0 Å². The van der Waals surface area contributed by atoms with Gasteiger partial charge in [-0.3, -0.25) is 4.79 Å². The Kier molecular flexibility index (Phi) is 5.03. The van der Waals surface area contributed by atoms with Gasteiger partial charge in [-0.15, -0.1) is 0 Å². The quantitative estimate of drug-likeness (QED) is 0.664. The molecular weight excluding hydrogens is 224 g/mol. The fourth-order valence-electron chi connectivity index (χ4n) is 0.560. The van der Waals surface area contributed by atoms with E-state index in [4.69, 9.17) is 15.6 Å². The molecule has 1 rings (SSSR count). The Balaban J connectivity index is 0.000000354. The smallest absolute Gasteiger partial charge is 0.290 e. The van der Waals surface area contributed by atoms with E-state index in [0.29, 0.717) is 5.82 Å². The number of hydrogen-bond acceptors (Lipinski definition) is 3. The van der Waals surface area contributed by atoms with Crippen molar-refractivity contribution >= 4 is 28.2 Å². The van der Waals surface area contributed by atoms with Gasteiger partial charge in [-0.2, -0.15) is 0 Å². The van der Waals surface area contributed by atoms with Crippen molar-refractivity contribution in [3.8, 4) is 0 Å². The van der Waals surface area contributed by atoms with Crippen molar-refractivity contribution in [2.45, 2.75) is 6.92 Å². The minimum atomic E-state index is -0.250. The average molecular weight is 233 g/mol. The van der Waals surface area contributed by atoms with E-state index < -0.39 is 0 Å². The summed E-state index contributed by atoms with van der Waals surface area (Å²) in [6.07, 6.45) is 0. The summed E-state index contributed by atoms with van der Waals surface area (Å²) in [5, 5.41) is 6.89. The number of carbonyl (C=O) groups is 1. The first-order chi connectivity index (χ1) is 5.61. The molecule has 0 atom stereocenters. The molecule has 1 aromatic rings. The molecule has 12 heavy (non-hydrogen) atoms. The van der Waals surface area contributed by atoms with E-state index >= 15 is 0 Å². The van der Waals surface area contributed by atoms with Gasteiger partial charge >= 0.3 is 0 Å². The van der Waals surface area contributed by atoms with E-state index in [0.717, 1.165) is 10.2 Å². The van der Waals surface area contributed by atoms with Crippen LogP contribution in [0.4, 0.5) is 5.82 Å². The van der Waals surface area contributed by atoms with Gasteiger partial charge in [-0.05, 0) is 35.0 Å². The number of pyridine rings is 1. The van der Waals surface area contributed by atoms with Crippen LogP contribution in [0.2, 0.25) is 0 Å². The number of anilines is 1. The molecular formula is C7H9BrN2O2. The minimum absolute atomic E-state index is 0.250. The highest BCUT2D eigenvalue weighted by Crippen LogP contribution is 2.15. The summed E-state index contributed by atoms with van der Waals surface area (Å²) >= 11 is 3.24. The summed E-state index contributed by atoms with van der Waals surface area (Å²) in [5.41, 5.74) is 6.40. The third-order valence-electron chi connectivity index (χ3n) is 1.01. The van der Waals surface area contributed by atoms with Crippen LogP contribution in [-0.2, 0) is 4.79 Å². The van der Waals surface area contributed by atoms with Crippen molar-refractivity contribution in [1.82, 2.24) is 4.98 Å². The molecule has 0 amide bonds. The number of hydrogen-bond donors (Lipinski definition) is 2. The number of halogens is 1. The summed E-state index contributed by atoms with van der Waals surface area (Å²) in [5.74, 6) is 0.551. The largest absolute Gasteiger partial charge is 0.483 e. The van der Waals surface area contributed by atoms with Gasteiger partial charge in [-0.25, -0.2) is 4.98 Å². The van der Waals surface area contributed by atoms with Gasteiger partial charge in [-0.1, -0.05) is 0 Å². The maximum absolute atomic E-state index is 8.36. The molecule has 0 aromatic carbocycles. The second-order valence-corrected chi connectivity index (χ2v) is 2.78. The zero-order chi connectivity index (χ0) is 9.56. The van der Waals surface area contributed by atoms with Gasteiger partial charge in [0.25, 0.3) is 6.47 Å². The van der Waals surface area contributed by atoms with Gasteiger partial charge in [0.05, 0.1) is 4.47 Å². The van der Waals surface area contributed by atoms with Crippen LogP contribution in [0.25, 0.3) is 0 Å². The Bertz CT molecular complexity index is 266. The van der Waals surface area contributed by atoms with Crippen LogP contribution >= 0.6 is 15.9 Å². The fraction of sp³-hybridized carbons (Fsp3) is 0.143. The minimum Gasteiger partial charge on any atom is -0.483 e. The molecule has 66 valence electrons. The Morgan fingerprint density at radius 3 is 2.50 bits per heavy atom. The number of nitrogens with two attached hydrogens (primary N) is 1. The normalized spacial score (nSPS) is 8.17. The molecule has 0 unspecified atom stereocenters. The van der Waals surface area contributed by atoms with Crippen LogP contribution < -0.4 is 5.73 Å². The molecule has 0 saturated carbocycles. The van der Waals surface area contributed by atoms with E-state index in [1.165, 1.54) is 0 Å². The second kappa shape index (κ2) is 5.54. The predicted molar refractivity (Wildman–Crippen MR) is 49.8 cm³/mol. The molecule has 3 N–H and O–H groups in total. The molecule has 0 bridgehead atoms. The molecule has 1 heterocycles. The van der Waals surface area contributed by atoms with Gasteiger partial charge in [0.15, 0.2) is 0 Å². The highest BCUT2D eigenvalue weighted by molar-refractivity contribution is 9.10. The van der Waals surface area contributed by atoms with Crippen LogP contribution in [0, 0.1) is 6.92 Å². The topological polar surface area (TPSA) is 76.2 Å². The van der Waals surface area contributed by atoms with Crippen molar-refractivity contribution in [1.29, 1.82) is 0 Å². The maximum atomic E-state index is 8.36. The average Bonchev–Trinajstić information content (AvgIpc) is 1.99. The lowest BCUT2D eigenvalue weighted by atomic mass is 10.4. The van der Waals surface area contributed by atoms with Gasteiger partial charge in [0.1, 0.15) is 5.82 Å². The van der Waals surface area contributed by atoms with E-state index in [1.807, 2.05) is 19.1 Å². The third-order valence-corrected chi connectivity index (χ3v) is 1.68. The highest BCUT2D eigenvalue weighted by atomic mass is 79.9. The van der Waals surface area contributed by atoms with Gasteiger partial charge in [0.2, 0.25) is 0 Å². The molecule has 0 aliphatic carbocycles. The lowest BCUT2D eigenvalue weighted by molar-refractivity contribution is -0.122. The number of nitrogens with zero attached hydrogens (tertiary/aromatic N) is 1. The fourth-order valence-corrected chi connectivity index (χ4v) is 0.781. The molecule has 0 aliphatic heterocycles. The summed E-state index contributed by atoms with van der Waals surface area (Å²) in [7, 11) is 0. The van der Waals surface area contributed by atoms with Crippen molar-refractivity contribution in [3.63, 3.8) is 0 Å². The summed E-state index contributed by atoms with van der Waals surface area (Å²) in [6.45, 7) is 1.66. The number of carboxylic acid groups (broad SMARTS) is 1. The molecule has 0 saturated heterocycles. The molecule has 5 heteroatoms. The molecule has 1 aromatic heterocycles. The van der Waals surface area contributed by atoms with Crippen LogP contribution in [0.15, 0.2) is 16.6 Å². The van der Waals surface area contributed by atoms with E-state index in [9.17, 15) is 0 Å². The summed E-state index contributed by atoms with van der Waals surface area (Å²) < 4.78 is 0.855. The van der Waals surface area contributed by atoms with Crippen molar-refractivity contribution < 1.29 is 9.90 Å². The zero-order valence-electron chi connectivity index (χ0n) is 6.49. The first-order valence-corrected chi connectivity index (χ1v) is 3.87. The monoisotopic (exact) mass is 232 g/mol. The standard InChI is InChI=1S/C6H7BrN2.CH2O2/c1-4-2-3-5(7)6(8)9-4;2-1-3/h2-3H,1H3,(H2,8,9);1H,(H,2,3). The van der Waals surface area contributed by atoms with Crippen LogP contribution in [-0.4, -0.2) is 16.6 Å². The number of aromatic nitrogens is 1. The third kappa shape index (κ3) is 3.92. The van der Waals surface area contributed by atoms with E-state index in [2.05, 4.69) is 20.9 Å². The Hall–Kier alpha value is -1.10. The van der Waals surface area contributed by atoms with Crippen molar-refractivity contribution in [2.24, 2.45) is 0 Å². The molecule has 0 fully saturated rings. The molecule has 0 aliphatic rings. The predicted octanol–water partition coefficient (Wildman–Crippen LogP) is 1.44. The van der Waals surface area contributed by atoms with Gasteiger partial charge < -0.3 is 10.8 Å². The first-order valence-electron chi connectivity index (χ1n) is 3.08. The van der Waals surface area contributed by atoms with Crippen LogP contribution in [0.1, 0.15) is 5.69 Å². The molecule has 0 radical (unpaired) electrons. The van der Waals surface area contributed by atoms with E-state index in [-0.39, 0.29) is 6.47 Å². The summed E-state index contributed by atoms with van der Waals surface area (Å²) in [4.78, 5) is 12.4. The van der Waals surface area contributed by atoms with Crippen molar-refractivity contribution in [3.05, 3.63) is 22.3 Å². The van der Waals surface area contributed by atoms with Crippen LogP contribution in [0.3, 0.4) is 0 Å². The number of aryl methyl sites for hydroxylation is 1. The second-order valence-electron chi connectivity index (χ2n) is 1.93. The lowest BCUT2D eigenvalue weighted by Crippen LogP contribution is -1.92. The SMILES string of the molecule is Cc1ccc(Br)c(N)n1.O=CO. The zero-order valence-corrected chi connectivity index (χ0v) is 8.08. The van der Waals surface area contributed by atoms with Crippen LogP contribution in [0.5, 0.6) is 0 Å². The first kappa shape index (κ1) is 10.9. The Labute approximate surface area is 78.5 Å². The number of nitrogen functional groups attached to an aromatic ring is 1. The Morgan fingerprint density at radius 2 is 2.17 bits per heavy atom. The number of rotatable bonds is 0. The molecule has 0 spiro atoms. The molecule has 4 nitrogen and oxygen atoms in total. The highest BCUT2D eigenvalue weighted by Gasteiger charge is 1.93. The van der Waals surface area contributed by atoms with Crippen molar-refractivity contribution in [2.75, 3.05) is 5.73 Å². The summed E-state index contributed by atoms with van der Waals surface area (Å²) in [6, 6.07) is 3.79. The maximum Gasteiger partial charge on any atom is 0.290 e. The Morgan fingerprint density at radius 1 is 1.67 bits per heavy atom. The van der Waals surface area contributed by atoms with Gasteiger partial charge in [0, 0.05) is 5.69 Å².